The van der Waals surface area contributed by atoms with Crippen LogP contribution in [0.15, 0.2) is 47.6 Å². The Morgan fingerprint density at radius 3 is 2.40 bits per heavy atom. The minimum absolute atomic E-state index is 0.0222. The van der Waals surface area contributed by atoms with Gasteiger partial charge in [0, 0.05) is 11.3 Å². The molecule has 0 atom stereocenters. The quantitative estimate of drug-likeness (QED) is 0.598. The summed E-state index contributed by atoms with van der Waals surface area (Å²) in [7, 11) is 3.11. The normalized spacial score (nSPS) is 11.0. The lowest BCUT2D eigenvalue weighted by Crippen LogP contribution is -2.26. The van der Waals surface area contributed by atoms with Crippen molar-refractivity contribution in [3.63, 3.8) is 0 Å². The van der Waals surface area contributed by atoms with Crippen molar-refractivity contribution in [2.75, 3.05) is 26.1 Å². The number of nitrogens with one attached hydrogen (secondary N) is 2. The van der Waals surface area contributed by atoms with E-state index in [0.29, 0.717) is 22.9 Å². The molecule has 0 spiro atoms. The highest BCUT2D eigenvalue weighted by atomic mass is 19.1. The third-order valence-corrected chi connectivity index (χ3v) is 3.45. The van der Waals surface area contributed by atoms with Crippen molar-refractivity contribution in [3.8, 4) is 11.5 Å². The van der Waals surface area contributed by atoms with Crippen LogP contribution < -0.4 is 20.2 Å². The van der Waals surface area contributed by atoms with E-state index in [0.717, 1.165) is 5.56 Å². The first-order valence-corrected chi connectivity index (χ1v) is 7.58. The molecule has 0 radical (unpaired) electrons. The van der Waals surface area contributed by atoms with Gasteiger partial charge in [-0.3, -0.25) is 4.79 Å². The second-order valence-electron chi connectivity index (χ2n) is 5.16. The van der Waals surface area contributed by atoms with Gasteiger partial charge in [-0.15, -0.1) is 0 Å². The number of hydrogen-bond acceptors (Lipinski definition) is 5. The molecule has 1 amide bonds. The number of anilines is 1. The van der Waals surface area contributed by atoms with Crippen molar-refractivity contribution >= 4 is 17.3 Å². The van der Waals surface area contributed by atoms with Gasteiger partial charge >= 0.3 is 0 Å². The molecule has 2 aromatic carbocycles. The summed E-state index contributed by atoms with van der Waals surface area (Å²) < 4.78 is 23.2. The molecule has 7 heteroatoms. The third kappa shape index (κ3) is 5.20. The van der Waals surface area contributed by atoms with Gasteiger partial charge in [0.1, 0.15) is 5.82 Å². The van der Waals surface area contributed by atoms with Gasteiger partial charge in [0.25, 0.3) is 5.91 Å². The minimum atomic E-state index is -0.329. The first kappa shape index (κ1) is 18.3. The summed E-state index contributed by atoms with van der Waals surface area (Å²) in [5.41, 5.74) is 4.54. The number of nitrogens with zero attached hydrogens (tertiary/aromatic N) is 1. The van der Waals surface area contributed by atoms with Crippen LogP contribution in [-0.2, 0) is 4.79 Å². The van der Waals surface area contributed by atoms with E-state index in [2.05, 4.69) is 15.8 Å². The predicted molar refractivity (Wildman–Crippen MR) is 94.8 cm³/mol. The monoisotopic (exact) mass is 345 g/mol. The Morgan fingerprint density at radius 1 is 1.08 bits per heavy atom. The first-order valence-electron chi connectivity index (χ1n) is 7.58. The van der Waals surface area contributed by atoms with E-state index in [-0.39, 0.29) is 18.3 Å². The lowest BCUT2D eigenvalue weighted by Gasteiger charge is -2.09. The number of hydrogen-bond donors (Lipinski definition) is 2. The molecule has 2 N–H and O–H groups in total. The Bertz CT molecular complexity index is 761. The van der Waals surface area contributed by atoms with Crippen molar-refractivity contribution in [3.05, 3.63) is 53.8 Å². The molecule has 0 aliphatic rings. The average molecular weight is 345 g/mol. The Kier molecular flexibility index (Phi) is 6.33. The predicted octanol–water partition coefficient (Wildman–Crippen LogP) is 2.80. The van der Waals surface area contributed by atoms with Crippen LogP contribution in [0.3, 0.4) is 0 Å². The van der Waals surface area contributed by atoms with Crippen molar-refractivity contribution < 1.29 is 18.7 Å². The molecule has 6 nitrogen and oxygen atoms in total. The molecular weight excluding hydrogens is 325 g/mol. The summed E-state index contributed by atoms with van der Waals surface area (Å²) in [5.74, 6) is 0.555. The van der Waals surface area contributed by atoms with Gasteiger partial charge in [-0.25, -0.2) is 9.82 Å². The fraction of sp³-hybridized carbons (Fsp3) is 0.222. The molecule has 2 rings (SSSR count). The molecule has 0 fully saturated rings. The standard InChI is InChI=1S/C18H20FN3O3/c1-12(13-4-9-16(24-2)17(10-13)25-3)21-22-18(23)11-20-15-7-5-14(19)6-8-15/h4-10,20H,11H2,1-3H3,(H,22,23). The second kappa shape index (κ2) is 8.68. The highest BCUT2D eigenvalue weighted by Crippen LogP contribution is 2.27. The molecule has 0 aromatic heterocycles. The van der Waals surface area contributed by atoms with Crippen LogP contribution >= 0.6 is 0 Å². The topological polar surface area (TPSA) is 72.0 Å². The fourth-order valence-electron chi connectivity index (χ4n) is 2.06. The Morgan fingerprint density at radius 2 is 1.76 bits per heavy atom. The lowest BCUT2D eigenvalue weighted by atomic mass is 10.1. The van der Waals surface area contributed by atoms with E-state index in [1.54, 1.807) is 45.4 Å². The molecule has 0 aliphatic carbocycles. The van der Waals surface area contributed by atoms with Gasteiger partial charge < -0.3 is 14.8 Å². The van der Waals surface area contributed by atoms with E-state index < -0.39 is 0 Å². The number of ether oxygens (including phenoxy) is 2. The summed E-state index contributed by atoms with van der Waals surface area (Å²) in [6.45, 7) is 1.79. The molecule has 0 saturated heterocycles. The molecule has 0 unspecified atom stereocenters. The third-order valence-electron chi connectivity index (χ3n) is 3.45. The molecule has 132 valence electrons. The first-order chi connectivity index (χ1) is 12.0. The minimum Gasteiger partial charge on any atom is -0.493 e. The van der Waals surface area contributed by atoms with E-state index in [9.17, 15) is 9.18 Å². The molecule has 0 heterocycles. The Hall–Kier alpha value is -3.09. The van der Waals surface area contributed by atoms with Gasteiger partial charge in [0.15, 0.2) is 11.5 Å². The summed E-state index contributed by atoms with van der Waals surface area (Å²) in [4.78, 5) is 11.8. The largest absolute Gasteiger partial charge is 0.493 e. The maximum absolute atomic E-state index is 12.8. The van der Waals surface area contributed by atoms with E-state index in [4.69, 9.17) is 9.47 Å². The van der Waals surface area contributed by atoms with E-state index in [1.807, 2.05) is 6.07 Å². The van der Waals surface area contributed by atoms with Gasteiger partial charge in [0.05, 0.1) is 26.5 Å². The molecule has 2 aromatic rings. The van der Waals surface area contributed by atoms with Crippen LogP contribution in [0.4, 0.5) is 10.1 Å². The number of rotatable bonds is 7. The van der Waals surface area contributed by atoms with Gasteiger partial charge in [-0.05, 0) is 49.4 Å². The van der Waals surface area contributed by atoms with Crippen molar-refractivity contribution in [1.82, 2.24) is 5.43 Å². The smallest absolute Gasteiger partial charge is 0.259 e. The van der Waals surface area contributed by atoms with Crippen LogP contribution in [0, 0.1) is 5.82 Å². The molecule has 0 saturated carbocycles. The van der Waals surface area contributed by atoms with Crippen LogP contribution in [0.1, 0.15) is 12.5 Å². The number of benzene rings is 2. The summed E-state index contributed by atoms with van der Waals surface area (Å²) >= 11 is 0. The number of carbonyl (C=O) groups is 1. The highest BCUT2D eigenvalue weighted by molar-refractivity contribution is 5.99. The zero-order valence-electron chi connectivity index (χ0n) is 14.3. The average Bonchev–Trinajstić information content (AvgIpc) is 2.64. The summed E-state index contributed by atoms with van der Waals surface area (Å²) in [6.07, 6.45) is 0. The maximum atomic E-state index is 12.8. The zero-order valence-corrected chi connectivity index (χ0v) is 14.3. The highest BCUT2D eigenvalue weighted by Gasteiger charge is 2.07. The van der Waals surface area contributed by atoms with Crippen LogP contribution in [-0.4, -0.2) is 32.4 Å². The van der Waals surface area contributed by atoms with Crippen molar-refractivity contribution in [2.45, 2.75) is 6.92 Å². The van der Waals surface area contributed by atoms with Gasteiger partial charge in [-0.1, -0.05) is 0 Å². The molecule has 0 aliphatic heterocycles. The van der Waals surface area contributed by atoms with Gasteiger partial charge in [-0.2, -0.15) is 5.10 Å². The van der Waals surface area contributed by atoms with Crippen LogP contribution in [0.2, 0.25) is 0 Å². The summed E-state index contributed by atoms with van der Waals surface area (Å²) in [5, 5.41) is 6.96. The van der Waals surface area contributed by atoms with E-state index >= 15 is 0 Å². The molecule has 0 bridgehead atoms. The molecular formula is C18H20FN3O3. The number of halogens is 1. The zero-order chi connectivity index (χ0) is 18.2. The fourth-order valence-corrected chi connectivity index (χ4v) is 2.06. The number of hydrazone groups is 1. The molecule has 25 heavy (non-hydrogen) atoms. The SMILES string of the molecule is COc1ccc(C(C)=NNC(=O)CNc2ccc(F)cc2)cc1OC. The lowest BCUT2D eigenvalue weighted by molar-refractivity contribution is -0.119. The number of methoxy groups -OCH3 is 2. The van der Waals surface area contributed by atoms with Crippen LogP contribution in [0.25, 0.3) is 0 Å². The van der Waals surface area contributed by atoms with Gasteiger partial charge in [0.2, 0.25) is 0 Å². The second-order valence-corrected chi connectivity index (χ2v) is 5.16. The number of carbonyl (C=O) groups excluding carboxylic acids is 1. The Labute approximate surface area is 145 Å². The van der Waals surface area contributed by atoms with Crippen molar-refractivity contribution in [1.29, 1.82) is 0 Å². The number of amides is 1. The van der Waals surface area contributed by atoms with E-state index in [1.165, 1.54) is 12.1 Å². The Balaban J connectivity index is 1.93. The van der Waals surface area contributed by atoms with Crippen LogP contribution in [0.5, 0.6) is 11.5 Å². The maximum Gasteiger partial charge on any atom is 0.259 e. The van der Waals surface area contributed by atoms with Crippen molar-refractivity contribution in [2.24, 2.45) is 5.10 Å². The summed E-state index contributed by atoms with van der Waals surface area (Å²) in [6, 6.07) is 11.1.